The highest BCUT2D eigenvalue weighted by Crippen LogP contribution is 2.29. The summed E-state index contributed by atoms with van der Waals surface area (Å²) in [6.07, 6.45) is 2.72. The van der Waals surface area contributed by atoms with Crippen LogP contribution in [0, 0.1) is 0 Å². The van der Waals surface area contributed by atoms with Crippen LogP contribution in [0.4, 0.5) is 0 Å². The number of sulfone groups is 1. The molecule has 1 aliphatic heterocycles. The van der Waals surface area contributed by atoms with Crippen molar-refractivity contribution < 1.29 is 23.1 Å². The van der Waals surface area contributed by atoms with Gasteiger partial charge in [-0.05, 0) is 30.7 Å². The van der Waals surface area contributed by atoms with Crippen LogP contribution in [-0.2, 0) is 14.6 Å². The van der Waals surface area contributed by atoms with Crippen LogP contribution >= 0.6 is 0 Å². The number of pyridine rings is 1. The lowest BCUT2D eigenvalue weighted by atomic mass is 10.2. The van der Waals surface area contributed by atoms with Crippen molar-refractivity contribution in [3.8, 4) is 0 Å². The van der Waals surface area contributed by atoms with Crippen molar-refractivity contribution in [1.82, 2.24) is 9.88 Å². The van der Waals surface area contributed by atoms with Crippen molar-refractivity contribution in [1.29, 1.82) is 0 Å². The smallest absolute Gasteiger partial charge is 0.326 e. The number of hydrogen-bond donors (Lipinski definition) is 1. The number of rotatable bonds is 4. The fraction of sp³-hybridized carbons (Fsp3) is 0.235. The van der Waals surface area contributed by atoms with E-state index in [2.05, 4.69) is 4.98 Å². The Hall–Kier alpha value is -2.74. The van der Waals surface area contributed by atoms with Crippen LogP contribution in [0.5, 0.6) is 0 Å². The highest BCUT2D eigenvalue weighted by Gasteiger charge is 2.45. The molecule has 1 aromatic carbocycles. The third kappa shape index (κ3) is 3.25. The molecule has 0 unspecified atom stereocenters. The van der Waals surface area contributed by atoms with Gasteiger partial charge in [0.05, 0.1) is 10.1 Å². The number of hydrogen-bond acceptors (Lipinski definition) is 5. The molecule has 7 nitrogen and oxygen atoms in total. The lowest BCUT2D eigenvalue weighted by Gasteiger charge is -2.21. The molecule has 130 valence electrons. The molecule has 1 fully saturated rings. The SMILES string of the molecule is O=C(O)[C@@H]1C[C@@H](S(=O)(=O)c2ccccc2)CN1C(=O)c1ccncc1. The highest BCUT2D eigenvalue weighted by molar-refractivity contribution is 7.92. The van der Waals surface area contributed by atoms with E-state index >= 15 is 0 Å². The zero-order valence-electron chi connectivity index (χ0n) is 13.1. The van der Waals surface area contributed by atoms with Crippen molar-refractivity contribution in [3.63, 3.8) is 0 Å². The number of carbonyl (C=O) groups excluding carboxylic acids is 1. The summed E-state index contributed by atoms with van der Waals surface area (Å²) in [5.41, 5.74) is 0.277. The van der Waals surface area contributed by atoms with E-state index < -0.39 is 33.0 Å². The summed E-state index contributed by atoms with van der Waals surface area (Å²) in [6, 6.07) is 9.63. The van der Waals surface area contributed by atoms with Gasteiger partial charge in [-0.15, -0.1) is 0 Å². The van der Waals surface area contributed by atoms with Crippen LogP contribution in [0.3, 0.4) is 0 Å². The number of carboxylic acids is 1. The minimum atomic E-state index is -3.72. The second-order valence-corrected chi connectivity index (χ2v) is 7.99. The second-order valence-electron chi connectivity index (χ2n) is 5.76. The zero-order valence-corrected chi connectivity index (χ0v) is 14.0. The van der Waals surface area contributed by atoms with Crippen molar-refractivity contribution >= 4 is 21.7 Å². The molecule has 1 N–H and O–H groups in total. The van der Waals surface area contributed by atoms with E-state index in [1.807, 2.05) is 0 Å². The van der Waals surface area contributed by atoms with Gasteiger partial charge < -0.3 is 10.0 Å². The Morgan fingerprint density at radius 1 is 1.08 bits per heavy atom. The number of amides is 1. The molecule has 2 heterocycles. The minimum absolute atomic E-state index is 0.127. The normalized spacial score (nSPS) is 20.4. The van der Waals surface area contributed by atoms with Gasteiger partial charge in [-0.25, -0.2) is 13.2 Å². The van der Waals surface area contributed by atoms with E-state index in [9.17, 15) is 23.1 Å². The summed E-state index contributed by atoms with van der Waals surface area (Å²) in [4.78, 5) is 29.2. The summed E-state index contributed by atoms with van der Waals surface area (Å²) in [5, 5.41) is 8.48. The number of benzene rings is 1. The van der Waals surface area contributed by atoms with E-state index in [0.717, 1.165) is 4.90 Å². The largest absolute Gasteiger partial charge is 0.480 e. The maximum absolute atomic E-state index is 12.8. The lowest BCUT2D eigenvalue weighted by Crippen LogP contribution is -2.40. The van der Waals surface area contributed by atoms with Crippen LogP contribution in [0.15, 0.2) is 59.8 Å². The molecule has 8 heteroatoms. The maximum atomic E-state index is 12.8. The predicted molar refractivity (Wildman–Crippen MR) is 88.7 cm³/mol. The van der Waals surface area contributed by atoms with Crippen LogP contribution < -0.4 is 0 Å². The first-order valence-corrected chi connectivity index (χ1v) is 9.18. The van der Waals surface area contributed by atoms with E-state index in [4.69, 9.17) is 0 Å². The van der Waals surface area contributed by atoms with Gasteiger partial charge in [0.1, 0.15) is 6.04 Å². The number of carboxylic acid groups (broad SMARTS) is 1. The number of likely N-dealkylation sites (tertiary alicyclic amines) is 1. The molecule has 25 heavy (non-hydrogen) atoms. The molecule has 0 aliphatic carbocycles. The average Bonchev–Trinajstić information content (AvgIpc) is 3.09. The summed E-state index contributed by atoms with van der Waals surface area (Å²) in [7, 11) is -3.72. The topological polar surface area (TPSA) is 105 Å². The minimum Gasteiger partial charge on any atom is -0.480 e. The first kappa shape index (κ1) is 17.1. The highest BCUT2D eigenvalue weighted by atomic mass is 32.2. The van der Waals surface area contributed by atoms with Gasteiger partial charge in [-0.1, -0.05) is 18.2 Å². The monoisotopic (exact) mass is 360 g/mol. The lowest BCUT2D eigenvalue weighted by molar-refractivity contribution is -0.141. The molecule has 3 rings (SSSR count). The predicted octanol–water partition coefficient (Wildman–Crippen LogP) is 1.22. The van der Waals surface area contributed by atoms with Crippen molar-refractivity contribution in [2.24, 2.45) is 0 Å². The number of carbonyl (C=O) groups is 2. The van der Waals surface area contributed by atoms with Crippen LogP contribution in [0.1, 0.15) is 16.8 Å². The van der Waals surface area contributed by atoms with Gasteiger partial charge in [0.2, 0.25) is 0 Å². The van der Waals surface area contributed by atoms with E-state index in [0.29, 0.717) is 0 Å². The molecule has 1 aliphatic rings. The van der Waals surface area contributed by atoms with Gasteiger partial charge in [-0.3, -0.25) is 9.78 Å². The Balaban J connectivity index is 1.91. The molecule has 0 radical (unpaired) electrons. The fourth-order valence-electron chi connectivity index (χ4n) is 2.94. The zero-order chi connectivity index (χ0) is 18.0. The molecular weight excluding hydrogens is 344 g/mol. The maximum Gasteiger partial charge on any atom is 0.326 e. The van der Waals surface area contributed by atoms with Crippen LogP contribution in [-0.4, -0.2) is 53.1 Å². The Kier molecular flexibility index (Phi) is 4.54. The van der Waals surface area contributed by atoms with Crippen molar-refractivity contribution in [2.75, 3.05) is 6.54 Å². The average molecular weight is 360 g/mol. The summed E-state index contributed by atoms with van der Waals surface area (Å²) >= 11 is 0. The van der Waals surface area contributed by atoms with Crippen LogP contribution in [0.2, 0.25) is 0 Å². The third-order valence-corrected chi connectivity index (χ3v) is 6.39. The van der Waals surface area contributed by atoms with Gasteiger partial charge in [0.15, 0.2) is 9.84 Å². The van der Waals surface area contributed by atoms with Crippen molar-refractivity contribution in [2.45, 2.75) is 22.6 Å². The number of nitrogens with zero attached hydrogens (tertiary/aromatic N) is 2. The Bertz CT molecular complexity index is 884. The van der Waals surface area contributed by atoms with Gasteiger partial charge in [0, 0.05) is 24.5 Å². The quantitative estimate of drug-likeness (QED) is 0.879. The molecule has 1 aromatic heterocycles. The molecule has 0 saturated carbocycles. The second kappa shape index (κ2) is 6.64. The third-order valence-electron chi connectivity index (χ3n) is 4.25. The Labute approximate surface area is 144 Å². The Morgan fingerprint density at radius 2 is 1.72 bits per heavy atom. The standard InChI is InChI=1S/C17H16N2O5S/c20-16(12-6-8-18-9-7-12)19-11-14(10-15(19)17(21)22)25(23,24)13-4-2-1-3-5-13/h1-9,14-15H,10-11H2,(H,21,22)/t14-,15+/m1/s1. The Morgan fingerprint density at radius 3 is 2.32 bits per heavy atom. The molecule has 0 spiro atoms. The molecule has 2 atom stereocenters. The summed E-state index contributed by atoms with van der Waals surface area (Å²) in [5.74, 6) is -1.73. The molecule has 1 saturated heterocycles. The first-order chi connectivity index (χ1) is 11.9. The van der Waals surface area contributed by atoms with E-state index in [1.165, 1.54) is 36.7 Å². The van der Waals surface area contributed by atoms with E-state index in [1.54, 1.807) is 18.2 Å². The number of aromatic nitrogens is 1. The summed E-state index contributed by atoms with van der Waals surface area (Å²) < 4.78 is 25.5. The molecule has 1 amide bonds. The van der Waals surface area contributed by atoms with Gasteiger partial charge in [-0.2, -0.15) is 0 Å². The molecule has 2 aromatic rings. The van der Waals surface area contributed by atoms with Crippen molar-refractivity contribution in [3.05, 3.63) is 60.4 Å². The molecule has 0 bridgehead atoms. The summed E-state index contributed by atoms with van der Waals surface area (Å²) in [6.45, 7) is -0.157. The van der Waals surface area contributed by atoms with Gasteiger partial charge in [0.25, 0.3) is 5.91 Å². The van der Waals surface area contributed by atoms with Gasteiger partial charge >= 0.3 is 5.97 Å². The number of aliphatic carboxylic acids is 1. The fourth-order valence-corrected chi connectivity index (χ4v) is 4.66. The van der Waals surface area contributed by atoms with Crippen LogP contribution in [0.25, 0.3) is 0 Å². The molecular formula is C17H16N2O5S. The van der Waals surface area contributed by atoms with E-state index in [-0.39, 0.29) is 23.4 Å². The first-order valence-electron chi connectivity index (χ1n) is 7.64.